The smallest absolute Gasteiger partial charge is 0.203 e. The van der Waals surface area contributed by atoms with Crippen LogP contribution in [-0.2, 0) is 19.6 Å². The fourth-order valence-corrected chi connectivity index (χ4v) is 5.62. The third-order valence-electron chi connectivity index (χ3n) is 7.85. The second-order valence-corrected chi connectivity index (χ2v) is 10.6. The van der Waals surface area contributed by atoms with Crippen LogP contribution < -0.4 is 15.3 Å². The van der Waals surface area contributed by atoms with Crippen molar-refractivity contribution in [3.05, 3.63) is 126 Å². The average Bonchev–Trinajstić information content (AvgIpc) is 3.28. The molecule has 41 heavy (non-hydrogen) atoms. The fourth-order valence-electron chi connectivity index (χ4n) is 5.62. The largest absolute Gasteiger partial charge is 0.494 e. The van der Waals surface area contributed by atoms with Crippen molar-refractivity contribution >= 4 is 16.7 Å². The number of nitrogens with zero attached hydrogens (tertiary/aromatic N) is 4. The monoisotopic (exact) mass is 549 g/mol. The Morgan fingerprint density at radius 3 is 1.95 bits per heavy atom. The molecule has 0 atom stereocenters. The molecule has 1 N–H and O–H groups in total. The molecule has 1 saturated heterocycles. The maximum Gasteiger partial charge on any atom is 0.203 e. The summed E-state index contributed by atoms with van der Waals surface area (Å²) in [6.45, 7) is 6.99. The topological polar surface area (TPSA) is 49.4 Å². The zero-order valence-corrected chi connectivity index (χ0v) is 23.3. The second-order valence-electron chi connectivity index (χ2n) is 10.6. The Morgan fingerprint density at radius 1 is 0.659 bits per heavy atom. The van der Waals surface area contributed by atoms with E-state index in [1.165, 1.54) is 28.9 Å². The summed E-state index contributed by atoms with van der Waals surface area (Å²) in [5.74, 6) is 0.384. The highest BCUT2D eigenvalue weighted by Crippen LogP contribution is 2.19. The number of aromatic nitrogens is 2. The summed E-state index contributed by atoms with van der Waals surface area (Å²) in [6, 6.07) is 33.8. The van der Waals surface area contributed by atoms with E-state index in [4.69, 9.17) is 10.1 Å². The van der Waals surface area contributed by atoms with Crippen molar-refractivity contribution in [2.24, 2.45) is 0 Å². The Kier molecular flexibility index (Phi) is 8.14. The van der Waals surface area contributed by atoms with Gasteiger partial charge in [-0.3, -0.25) is 10.3 Å². The highest BCUT2D eigenvalue weighted by atomic mass is 19.1. The number of fused-ring (bicyclic) bond motifs is 1. The maximum atomic E-state index is 13.1. The Labute approximate surface area is 240 Å². The van der Waals surface area contributed by atoms with Gasteiger partial charge in [0.05, 0.1) is 24.2 Å². The summed E-state index contributed by atoms with van der Waals surface area (Å²) in [5, 5.41) is 8.97. The van der Waals surface area contributed by atoms with Crippen molar-refractivity contribution in [3.8, 4) is 5.75 Å². The van der Waals surface area contributed by atoms with Gasteiger partial charge in [-0.25, -0.2) is 4.39 Å². The first-order valence-corrected chi connectivity index (χ1v) is 14.4. The molecule has 1 aromatic heterocycles. The number of anilines is 1. The minimum Gasteiger partial charge on any atom is -0.494 e. The predicted molar refractivity (Wildman–Crippen MR) is 162 cm³/mol. The van der Waals surface area contributed by atoms with Crippen LogP contribution in [0.15, 0.2) is 103 Å². The number of hydrogen-bond acceptors (Lipinski definition) is 4. The van der Waals surface area contributed by atoms with Gasteiger partial charge in [-0.05, 0) is 66.1 Å². The van der Waals surface area contributed by atoms with Crippen molar-refractivity contribution in [2.75, 3.05) is 37.7 Å². The first-order chi connectivity index (χ1) is 20.1. The summed E-state index contributed by atoms with van der Waals surface area (Å²) < 4.78 is 23.0. The van der Waals surface area contributed by atoms with E-state index in [-0.39, 0.29) is 5.82 Å². The number of imidazole rings is 1. The molecule has 0 saturated carbocycles. The number of halogens is 1. The summed E-state index contributed by atoms with van der Waals surface area (Å²) in [4.78, 5) is 4.99. The zero-order valence-electron chi connectivity index (χ0n) is 23.3. The van der Waals surface area contributed by atoms with Gasteiger partial charge in [-0.2, -0.15) is 0 Å². The molecule has 0 spiro atoms. The zero-order chi connectivity index (χ0) is 28.0. The lowest BCUT2D eigenvalue weighted by atomic mass is 10.1. The molecule has 1 aliphatic heterocycles. The Hall–Kier alpha value is -4.36. The van der Waals surface area contributed by atoms with Crippen molar-refractivity contribution < 1.29 is 9.13 Å². The molecule has 210 valence electrons. The number of para-hydroxylation sites is 3. The predicted octanol–water partition coefficient (Wildman–Crippen LogP) is 5.90. The first-order valence-electron chi connectivity index (χ1n) is 14.4. The van der Waals surface area contributed by atoms with Crippen molar-refractivity contribution in [3.63, 3.8) is 0 Å². The number of ether oxygens (including phenoxy) is 1. The van der Waals surface area contributed by atoms with Crippen molar-refractivity contribution in [2.45, 2.75) is 26.1 Å². The molecule has 5 aromatic rings. The molecule has 1 aliphatic rings. The third kappa shape index (κ3) is 6.36. The van der Waals surface area contributed by atoms with Crippen LogP contribution in [0.1, 0.15) is 17.5 Å². The number of rotatable bonds is 10. The van der Waals surface area contributed by atoms with Crippen LogP contribution >= 0.6 is 0 Å². The van der Waals surface area contributed by atoms with E-state index >= 15 is 0 Å². The normalized spacial score (nSPS) is 14.0. The van der Waals surface area contributed by atoms with Crippen LogP contribution in [0, 0.1) is 11.2 Å². The van der Waals surface area contributed by atoms with Gasteiger partial charge in [0.1, 0.15) is 11.6 Å². The molecule has 6 rings (SSSR count). The van der Waals surface area contributed by atoms with Gasteiger partial charge >= 0.3 is 0 Å². The van der Waals surface area contributed by atoms with Crippen LogP contribution in [0.2, 0.25) is 0 Å². The lowest BCUT2D eigenvalue weighted by Gasteiger charge is -2.36. The lowest BCUT2D eigenvalue weighted by molar-refractivity contribution is 0.250. The molecule has 4 aromatic carbocycles. The third-order valence-corrected chi connectivity index (χ3v) is 7.85. The van der Waals surface area contributed by atoms with E-state index in [1.807, 2.05) is 16.7 Å². The van der Waals surface area contributed by atoms with E-state index in [9.17, 15) is 4.39 Å². The Balaban J connectivity index is 1.07. The van der Waals surface area contributed by atoms with Crippen LogP contribution in [-0.4, -0.2) is 46.8 Å². The highest BCUT2D eigenvalue weighted by molar-refractivity contribution is 5.76. The molecule has 0 unspecified atom stereocenters. The molecule has 6 nitrogen and oxygen atoms in total. The van der Waals surface area contributed by atoms with E-state index in [0.29, 0.717) is 31.1 Å². The summed E-state index contributed by atoms with van der Waals surface area (Å²) >= 11 is 0. The van der Waals surface area contributed by atoms with Gasteiger partial charge in [0, 0.05) is 45.0 Å². The van der Waals surface area contributed by atoms with Crippen LogP contribution in [0.5, 0.6) is 5.75 Å². The quantitative estimate of drug-likeness (QED) is 0.221. The molecular formula is C34H36FN5O. The molecule has 7 heteroatoms. The second kappa shape index (κ2) is 12.4. The molecule has 0 bridgehead atoms. The van der Waals surface area contributed by atoms with Crippen LogP contribution in [0.3, 0.4) is 0 Å². The molecular weight excluding hydrogens is 513 g/mol. The minimum absolute atomic E-state index is 0.271. The van der Waals surface area contributed by atoms with Crippen LogP contribution in [0.4, 0.5) is 10.1 Å². The minimum atomic E-state index is -0.271. The number of piperazine rings is 1. The summed E-state index contributed by atoms with van der Waals surface area (Å²) in [6.07, 6.45) is 0.746. The Bertz CT molecular complexity index is 1620. The van der Waals surface area contributed by atoms with E-state index in [0.717, 1.165) is 50.2 Å². The van der Waals surface area contributed by atoms with Crippen molar-refractivity contribution in [1.82, 2.24) is 14.0 Å². The average molecular weight is 550 g/mol. The summed E-state index contributed by atoms with van der Waals surface area (Å²) in [7, 11) is 0. The van der Waals surface area contributed by atoms with Gasteiger partial charge in [-0.15, -0.1) is 0 Å². The van der Waals surface area contributed by atoms with Gasteiger partial charge in [0.15, 0.2) is 0 Å². The van der Waals surface area contributed by atoms with Gasteiger partial charge in [0.2, 0.25) is 5.62 Å². The highest BCUT2D eigenvalue weighted by Gasteiger charge is 2.17. The molecule has 0 aliphatic carbocycles. The van der Waals surface area contributed by atoms with E-state index in [1.54, 1.807) is 12.1 Å². The van der Waals surface area contributed by atoms with Gasteiger partial charge < -0.3 is 18.8 Å². The Morgan fingerprint density at radius 2 is 1.27 bits per heavy atom. The van der Waals surface area contributed by atoms with E-state index < -0.39 is 0 Å². The fraction of sp³-hybridized carbons (Fsp3) is 0.265. The standard InChI is InChI=1S/C34H36FN5O/c35-29-15-17-31(18-16-29)41-24-6-19-39-32-9-4-5-10-33(32)40(34(39)36)26-28-13-11-27(12-14-28)25-37-20-22-38(23-21-37)30-7-2-1-3-8-30/h1-5,7-18,36H,6,19-26H2. The number of hydrogen-bond donors (Lipinski definition) is 1. The van der Waals surface area contributed by atoms with E-state index in [2.05, 4.69) is 81.1 Å². The SMILES string of the molecule is N=c1n(CCCOc2ccc(F)cc2)c2ccccc2n1Cc1ccc(CN2CCN(c3ccccc3)CC2)cc1. The lowest BCUT2D eigenvalue weighted by Crippen LogP contribution is -2.45. The number of benzene rings is 4. The van der Waals surface area contributed by atoms with Gasteiger partial charge in [-0.1, -0.05) is 54.6 Å². The first kappa shape index (κ1) is 26.8. The number of nitrogens with one attached hydrogen (secondary N) is 1. The number of aryl methyl sites for hydroxylation is 1. The molecule has 2 heterocycles. The van der Waals surface area contributed by atoms with Crippen molar-refractivity contribution in [1.29, 1.82) is 5.41 Å². The van der Waals surface area contributed by atoms with Crippen LogP contribution in [0.25, 0.3) is 11.0 Å². The van der Waals surface area contributed by atoms with Gasteiger partial charge in [0.25, 0.3) is 0 Å². The molecule has 0 radical (unpaired) electrons. The molecule has 0 amide bonds. The summed E-state index contributed by atoms with van der Waals surface area (Å²) in [5.41, 5.74) is 6.39. The maximum absolute atomic E-state index is 13.1. The molecule has 1 fully saturated rings.